The van der Waals surface area contributed by atoms with Crippen LogP contribution in [0, 0.1) is 0 Å². The van der Waals surface area contributed by atoms with Gasteiger partial charge in [0.2, 0.25) is 0 Å². The van der Waals surface area contributed by atoms with Crippen LogP contribution in [0.5, 0.6) is 0 Å². The molecule has 6 nitrogen and oxygen atoms in total. The van der Waals surface area contributed by atoms with Crippen molar-refractivity contribution < 1.29 is 9.15 Å². The summed E-state index contributed by atoms with van der Waals surface area (Å²) in [5.74, 6) is 0. The largest absolute Gasteiger partial charge is 0.390 e. The first kappa shape index (κ1) is 9.79. The monoisotopic (exact) mass is 186 g/mol. The van der Waals surface area contributed by atoms with Crippen molar-refractivity contribution in [3.63, 3.8) is 0 Å². The smallest absolute Gasteiger partial charge is 0.319 e. The van der Waals surface area contributed by atoms with Gasteiger partial charge >= 0.3 is 12.0 Å². The molecule has 1 aromatic rings. The molecule has 0 radical (unpaired) electrons. The fourth-order valence-corrected chi connectivity index (χ4v) is 0.910. The van der Waals surface area contributed by atoms with Gasteiger partial charge in [-0.15, -0.1) is 0 Å². The highest BCUT2D eigenvalue weighted by molar-refractivity contribution is 5.27. The summed E-state index contributed by atoms with van der Waals surface area (Å²) in [5, 5.41) is 7.31. The van der Waals surface area contributed by atoms with Crippen molar-refractivity contribution in [2.45, 2.75) is 13.0 Å². The maximum atomic E-state index is 5.29. The Morgan fingerprint density at radius 2 is 2.31 bits per heavy atom. The van der Waals surface area contributed by atoms with Crippen LogP contribution in [0.2, 0.25) is 0 Å². The molecule has 1 unspecified atom stereocenters. The second-order valence-corrected chi connectivity index (χ2v) is 2.84. The predicted molar refractivity (Wildman–Crippen MR) is 48.5 cm³/mol. The van der Waals surface area contributed by atoms with E-state index in [0.29, 0.717) is 12.6 Å². The van der Waals surface area contributed by atoms with Gasteiger partial charge in [-0.2, -0.15) is 0 Å². The third-order valence-electron chi connectivity index (χ3n) is 1.80. The van der Waals surface area contributed by atoms with E-state index < -0.39 is 0 Å². The summed E-state index contributed by atoms with van der Waals surface area (Å²) in [6, 6.07) is 0.651. The average molecular weight is 186 g/mol. The number of likely N-dealkylation sites (N-methyl/N-ethyl adjacent to an activating group) is 1. The zero-order valence-corrected chi connectivity index (χ0v) is 8.02. The number of hydrogen-bond donors (Lipinski definition) is 1. The lowest BCUT2D eigenvalue weighted by Crippen LogP contribution is -2.32. The molecule has 1 rings (SSSR count). The van der Waals surface area contributed by atoms with Crippen LogP contribution >= 0.6 is 0 Å². The van der Waals surface area contributed by atoms with E-state index in [4.69, 9.17) is 14.9 Å². The molecule has 0 bridgehead atoms. The first-order valence-electron chi connectivity index (χ1n) is 3.96. The molecular weight excluding hydrogens is 172 g/mol. The first-order valence-corrected chi connectivity index (χ1v) is 3.96. The maximum absolute atomic E-state index is 5.29. The van der Waals surface area contributed by atoms with Crippen molar-refractivity contribution in [2.75, 3.05) is 31.4 Å². The Morgan fingerprint density at radius 1 is 1.62 bits per heavy atom. The van der Waals surface area contributed by atoms with Crippen LogP contribution < -0.4 is 10.6 Å². The average Bonchev–Trinajstić information content (AvgIpc) is 2.51. The molecule has 1 aromatic heterocycles. The van der Waals surface area contributed by atoms with E-state index in [9.17, 15) is 0 Å². The molecule has 74 valence electrons. The van der Waals surface area contributed by atoms with E-state index >= 15 is 0 Å². The molecule has 0 aromatic carbocycles. The Bertz CT molecular complexity index is 263. The third kappa shape index (κ3) is 2.32. The van der Waals surface area contributed by atoms with Gasteiger partial charge in [0.15, 0.2) is 0 Å². The maximum Gasteiger partial charge on any atom is 0.319 e. The molecule has 0 aliphatic rings. The van der Waals surface area contributed by atoms with Gasteiger partial charge < -0.3 is 19.8 Å². The van der Waals surface area contributed by atoms with Crippen molar-refractivity contribution in [1.29, 1.82) is 0 Å². The first-order chi connectivity index (χ1) is 6.15. The molecule has 0 aliphatic carbocycles. The fourth-order valence-electron chi connectivity index (χ4n) is 0.910. The van der Waals surface area contributed by atoms with Gasteiger partial charge in [-0.3, -0.25) is 0 Å². The number of aromatic nitrogens is 2. The second-order valence-electron chi connectivity index (χ2n) is 2.84. The number of anilines is 2. The van der Waals surface area contributed by atoms with E-state index in [0.717, 1.165) is 0 Å². The molecule has 0 saturated carbocycles. The summed E-state index contributed by atoms with van der Waals surface area (Å²) in [5.41, 5.74) is 5.29. The number of ether oxygens (including phenoxy) is 1. The van der Waals surface area contributed by atoms with Crippen molar-refractivity contribution in [3.8, 4) is 0 Å². The van der Waals surface area contributed by atoms with E-state index in [-0.39, 0.29) is 12.1 Å². The molecule has 2 N–H and O–H groups in total. The Kier molecular flexibility index (Phi) is 3.07. The van der Waals surface area contributed by atoms with Crippen LogP contribution in [0.4, 0.5) is 12.0 Å². The highest BCUT2D eigenvalue weighted by atomic mass is 16.5. The van der Waals surface area contributed by atoms with Gasteiger partial charge in [-0.1, -0.05) is 10.2 Å². The minimum Gasteiger partial charge on any atom is -0.390 e. The van der Waals surface area contributed by atoms with Gasteiger partial charge in [-0.05, 0) is 6.92 Å². The van der Waals surface area contributed by atoms with Gasteiger partial charge in [0.05, 0.1) is 12.6 Å². The molecule has 1 heterocycles. The Morgan fingerprint density at radius 3 is 2.77 bits per heavy atom. The van der Waals surface area contributed by atoms with Crippen molar-refractivity contribution >= 4 is 12.0 Å². The Hall–Kier alpha value is -1.30. The van der Waals surface area contributed by atoms with Crippen LogP contribution in [0.15, 0.2) is 4.42 Å². The number of nitrogens with zero attached hydrogens (tertiary/aromatic N) is 3. The highest BCUT2D eigenvalue weighted by Crippen LogP contribution is 2.13. The summed E-state index contributed by atoms with van der Waals surface area (Å²) in [6.07, 6.45) is 0. The van der Waals surface area contributed by atoms with Gasteiger partial charge in [0, 0.05) is 14.2 Å². The minimum absolute atomic E-state index is 0.0754. The standard InChI is InChI=1S/C7H14N4O2/c1-5(4-12-3)11(2)7-10-9-6(8)13-7/h5H,4H2,1-3H3,(H2,8,9). The van der Waals surface area contributed by atoms with Crippen molar-refractivity contribution in [2.24, 2.45) is 0 Å². The summed E-state index contributed by atoms with van der Waals surface area (Å²) >= 11 is 0. The molecule has 13 heavy (non-hydrogen) atoms. The van der Waals surface area contributed by atoms with E-state index in [1.807, 2.05) is 18.9 Å². The fraction of sp³-hybridized carbons (Fsp3) is 0.714. The quantitative estimate of drug-likeness (QED) is 0.719. The SMILES string of the molecule is COCC(C)N(C)c1nnc(N)o1. The van der Waals surface area contributed by atoms with Crippen LogP contribution in [0.25, 0.3) is 0 Å². The molecule has 0 aliphatic heterocycles. The molecular formula is C7H14N4O2. The zero-order valence-electron chi connectivity index (χ0n) is 8.02. The summed E-state index contributed by atoms with van der Waals surface area (Å²) < 4.78 is 10.0. The zero-order chi connectivity index (χ0) is 9.84. The van der Waals surface area contributed by atoms with Crippen molar-refractivity contribution in [1.82, 2.24) is 10.2 Å². The molecule has 0 spiro atoms. The van der Waals surface area contributed by atoms with Gasteiger partial charge in [0.1, 0.15) is 0 Å². The third-order valence-corrected chi connectivity index (χ3v) is 1.80. The van der Waals surface area contributed by atoms with E-state index in [1.54, 1.807) is 7.11 Å². The summed E-state index contributed by atoms with van der Waals surface area (Å²) in [6.45, 7) is 2.59. The number of nitrogens with two attached hydrogens (primary N) is 1. The highest BCUT2D eigenvalue weighted by Gasteiger charge is 2.14. The van der Waals surface area contributed by atoms with Crippen LogP contribution in [-0.2, 0) is 4.74 Å². The Balaban J connectivity index is 2.61. The number of hydrogen-bond acceptors (Lipinski definition) is 6. The Labute approximate surface area is 76.7 Å². The molecule has 0 saturated heterocycles. The second kappa shape index (κ2) is 4.08. The minimum atomic E-state index is 0.0754. The van der Waals surface area contributed by atoms with Crippen LogP contribution in [0.1, 0.15) is 6.92 Å². The number of nitrogen functional groups attached to an aromatic ring is 1. The van der Waals surface area contributed by atoms with Gasteiger partial charge in [-0.25, -0.2) is 0 Å². The van der Waals surface area contributed by atoms with Crippen LogP contribution in [0.3, 0.4) is 0 Å². The topological polar surface area (TPSA) is 77.4 Å². The molecule has 1 atom stereocenters. The van der Waals surface area contributed by atoms with Crippen LogP contribution in [-0.4, -0.2) is 37.0 Å². The normalized spacial score (nSPS) is 12.8. The molecule has 0 fully saturated rings. The number of rotatable bonds is 4. The number of methoxy groups -OCH3 is 1. The van der Waals surface area contributed by atoms with E-state index in [1.165, 1.54) is 0 Å². The lowest BCUT2D eigenvalue weighted by molar-refractivity contribution is 0.181. The van der Waals surface area contributed by atoms with Gasteiger partial charge in [0.25, 0.3) is 0 Å². The molecule has 0 amide bonds. The molecule has 6 heteroatoms. The van der Waals surface area contributed by atoms with Crippen molar-refractivity contribution in [3.05, 3.63) is 0 Å². The summed E-state index contributed by atoms with van der Waals surface area (Å²) in [7, 11) is 3.49. The lowest BCUT2D eigenvalue weighted by Gasteiger charge is -2.21. The summed E-state index contributed by atoms with van der Waals surface area (Å²) in [4.78, 5) is 1.81. The lowest BCUT2D eigenvalue weighted by atomic mass is 10.3. The van der Waals surface area contributed by atoms with E-state index in [2.05, 4.69) is 10.2 Å². The predicted octanol–water partition coefficient (Wildman–Crippen LogP) is 0.123.